The molecule has 0 unspecified atom stereocenters. The van der Waals surface area contributed by atoms with E-state index in [2.05, 4.69) is 10.2 Å². The van der Waals surface area contributed by atoms with Crippen molar-refractivity contribution in [2.45, 2.75) is 6.92 Å². The Hall–Kier alpha value is -2.41. The Morgan fingerprint density at radius 3 is 2.65 bits per heavy atom. The number of hydrogen-bond acceptors (Lipinski definition) is 5. The Morgan fingerprint density at radius 1 is 1.45 bits per heavy atom. The number of nitrogens with one attached hydrogen (secondary N) is 1. The molecule has 0 spiro atoms. The van der Waals surface area contributed by atoms with Crippen LogP contribution in [0, 0.1) is 10.1 Å². The van der Waals surface area contributed by atoms with Crippen molar-refractivity contribution in [2.24, 2.45) is 0 Å². The number of aromatic nitrogens is 2. The summed E-state index contributed by atoms with van der Waals surface area (Å²) in [4.78, 5) is 22.2. The van der Waals surface area contributed by atoms with Crippen LogP contribution in [0.25, 0.3) is 11.1 Å². The zero-order valence-electron chi connectivity index (χ0n) is 10.4. The van der Waals surface area contributed by atoms with E-state index < -0.39 is 10.9 Å². The highest BCUT2D eigenvalue weighted by atomic mass is 35.5. The smallest absolute Gasteiger partial charge is 0.361 e. The van der Waals surface area contributed by atoms with E-state index in [-0.39, 0.29) is 23.7 Å². The molecule has 0 aliphatic rings. The van der Waals surface area contributed by atoms with Gasteiger partial charge in [-0.05, 0) is 29.5 Å². The Balaban J connectivity index is 2.58. The van der Waals surface area contributed by atoms with Crippen LogP contribution in [-0.2, 0) is 4.74 Å². The molecule has 2 aromatic rings. The standard InChI is InChI=1S/C12H10ClN3O4/c1-2-20-12(17)10-9(11(15-14-10)16(18)19)7-3-5-8(13)6-4-7/h3-6H,2H2,1H3,(H,14,15). The van der Waals surface area contributed by atoms with E-state index in [1.165, 1.54) is 0 Å². The third kappa shape index (κ3) is 2.62. The number of nitrogens with zero attached hydrogens (tertiary/aromatic N) is 2. The number of carbonyl (C=O) groups is 1. The number of ether oxygens (including phenoxy) is 1. The molecule has 20 heavy (non-hydrogen) atoms. The van der Waals surface area contributed by atoms with Crippen LogP contribution in [0.5, 0.6) is 0 Å². The van der Waals surface area contributed by atoms with Gasteiger partial charge in [0, 0.05) is 5.02 Å². The van der Waals surface area contributed by atoms with Crippen molar-refractivity contribution in [3.8, 4) is 11.1 Å². The van der Waals surface area contributed by atoms with Crippen LogP contribution in [0.2, 0.25) is 5.02 Å². The molecule has 0 fully saturated rings. The van der Waals surface area contributed by atoms with Gasteiger partial charge in [0.1, 0.15) is 5.56 Å². The summed E-state index contributed by atoms with van der Waals surface area (Å²) in [5.41, 5.74) is 0.420. The molecule has 7 nitrogen and oxygen atoms in total. The third-order valence-electron chi connectivity index (χ3n) is 2.53. The molecule has 0 atom stereocenters. The molecule has 104 valence electrons. The number of rotatable bonds is 4. The second-order valence-corrected chi connectivity index (χ2v) is 4.22. The first-order chi connectivity index (χ1) is 9.54. The maximum atomic E-state index is 11.8. The summed E-state index contributed by atoms with van der Waals surface area (Å²) in [6.45, 7) is 1.79. The number of carbonyl (C=O) groups excluding carboxylic acids is 1. The van der Waals surface area contributed by atoms with Crippen LogP contribution < -0.4 is 0 Å². The lowest BCUT2D eigenvalue weighted by Crippen LogP contribution is -2.06. The predicted octanol–water partition coefficient (Wildman–Crippen LogP) is 2.82. The fraction of sp³-hybridized carbons (Fsp3) is 0.167. The lowest BCUT2D eigenvalue weighted by molar-refractivity contribution is -0.388. The normalized spacial score (nSPS) is 10.3. The average molecular weight is 296 g/mol. The monoisotopic (exact) mass is 295 g/mol. The van der Waals surface area contributed by atoms with Crippen LogP contribution in [-0.4, -0.2) is 27.7 Å². The number of hydrogen-bond donors (Lipinski definition) is 1. The van der Waals surface area contributed by atoms with Crippen molar-refractivity contribution in [2.75, 3.05) is 6.61 Å². The summed E-state index contributed by atoms with van der Waals surface area (Å²) in [7, 11) is 0. The molecule has 0 saturated carbocycles. The van der Waals surface area contributed by atoms with Gasteiger partial charge in [-0.25, -0.2) is 4.79 Å². The van der Waals surface area contributed by atoms with Crippen molar-refractivity contribution >= 4 is 23.4 Å². The Kier molecular flexibility index (Phi) is 3.99. The zero-order valence-corrected chi connectivity index (χ0v) is 11.2. The van der Waals surface area contributed by atoms with E-state index in [0.717, 1.165) is 0 Å². The molecule has 0 aliphatic carbocycles. The SMILES string of the molecule is CCOC(=O)c1n[nH]c([N+](=O)[O-])c1-c1ccc(Cl)cc1. The van der Waals surface area contributed by atoms with Gasteiger partial charge in [0.15, 0.2) is 0 Å². The van der Waals surface area contributed by atoms with Gasteiger partial charge in [0.05, 0.1) is 6.61 Å². The maximum absolute atomic E-state index is 11.8. The van der Waals surface area contributed by atoms with Crippen LogP contribution in [0.4, 0.5) is 5.82 Å². The number of aromatic amines is 1. The topological polar surface area (TPSA) is 98.1 Å². The lowest BCUT2D eigenvalue weighted by atomic mass is 10.1. The fourth-order valence-electron chi connectivity index (χ4n) is 1.70. The predicted molar refractivity (Wildman–Crippen MR) is 71.6 cm³/mol. The number of halogens is 1. The molecular formula is C12H10ClN3O4. The summed E-state index contributed by atoms with van der Waals surface area (Å²) < 4.78 is 4.84. The van der Waals surface area contributed by atoms with Crippen LogP contribution in [0.3, 0.4) is 0 Å². The molecule has 0 aliphatic heterocycles. The highest BCUT2D eigenvalue weighted by molar-refractivity contribution is 6.30. The third-order valence-corrected chi connectivity index (χ3v) is 2.78. The second-order valence-electron chi connectivity index (χ2n) is 3.78. The number of esters is 1. The quantitative estimate of drug-likeness (QED) is 0.531. The first-order valence-corrected chi connectivity index (χ1v) is 6.08. The largest absolute Gasteiger partial charge is 0.461 e. The summed E-state index contributed by atoms with van der Waals surface area (Å²) in [6, 6.07) is 6.29. The van der Waals surface area contributed by atoms with Crippen molar-refractivity contribution in [3.63, 3.8) is 0 Å². The van der Waals surface area contributed by atoms with Crippen molar-refractivity contribution in [1.29, 1.82) is 0 Å². The van der Waals surface area contributed by atoms with E-state index in [1.807, 2.05) is 0 Å². The Morgan fingerprint density at radius 2 is 2.10 bits per heavy atom. The number of nitro groups is 1. The molecule has 8 heteroatoms. The van der Waals surface area contributed by atoms with E-state index in [9.17, 15) is 14.9 Å². The van der Waals surface area contributed by atoms with Gasteiger partial charge in [0.25, 0.3) is 0 Å². The fourth-order valence-corrected chi connectivity index (χ4v) is 1.83. The minimum Gasteiger partial charge on any atom is -0.461 e. The molecule has 0 radical (unpaired) electrons. The zero-order chi connectivity index (χ0) is 14.7. The molecule has 1 aromatic heterocycles. The molecule has 1 N–H and O–H groups in total. The molecular weight excluding hydrogens is 286 g/mol. The summed E-state index contributed by atoms with van der Waals surface area (Å²) in [5.74, 6) is -1.09. The highest BCUT2D eigenvalue weighted by Gasteiger charge is 2.28. The Bertz CT molecular complexity index is 651. The number of benzene rings is 1. The molecule has 1 aromatic carbocycles. The molecule has 0 amide bonds. The van der Waals surface area contributed by atoms with Crippen molar-refractivity contribution in [3.05, 3.63) is 45.1 Å². The van der Waals surface area contributed by atoms with Crippen molar-refractivity contribution in [1.82, 2.24) is 10.2 Å². The average Bonchev–Trinajstić information content (AvgIpc) is 2.84. The highest BCUT2D eigenvalue weighted by Crippen LogP contribution is 2.32. The van der Waals surface area contributed by atoms with E-state index in [1.54, 1.807) is 31.2 Å². The first-order valence-electron chi connectivity index (χ1n) is 5.70. The van der Waals surface area contributed by atoms with Crippen molar-refractivity contribution < 1.29 is 14.5 Å². The maximum Gasteiger partial charge on any atom is 0.361 e. The number of H-pyrrole nitrogens is 1. The van der Waals surface area contributed by atoms with Gasteiger partial charge in [-0.15, -0.1) is 5.10 Å². The molecule has 0 saturated heterocycles. The summed E-state index contributed by atoms with van der Waals surface area (Å²) >= 11 is 5.78. The molecule has 2 rings (SSSR count). The van der Waals surface area contributed by atoms with Crippen LogP contribution >= 0.6 is 11.6 Å². The second kappa shape index (κ2) is 5.70. The minimum absolute atomic E-state index is 0.0881. The van der Waals surface area contributed by atoms with Gasteiger partial charge in [-0.2, -0.15) is 0 Å². The van der Waals surface area contributed by atoms with Crippen LogP contribution in [0.1, 0.15) is 17.4 Å². The van der Waals surface area contributed by atoms with Gasteiger partial charge in [-0.3, -0.25) is 0 Å². The van der Waals surface area contributed by atoms with Gasteiger partial charge >= 0.3 is 11.8 Å². The van der Waals surface area contributed by atoms with E-state index >= 15 is 0 Å². The van der Waals surface area contributed by atoms with Gasteiger partial charge in [0.2, 0.25) is 5.69 Å². The molecule has 1 heterocycles. The summed E-state index contributed by atoms with van der Waals surface area (Å²) in [6.07, 6.45) is 0. The molecule has 0 bridgehead atoms. The van der Waals surface area contributed by atoms with Gasteiger partial charge < -0.3 is 14.9 Å². The lowest BCUT2D eigenvalue weighted by Gasteiger charge is -2.02. The van der Waals surface area contributed by atoms with E-state index in [4.69, 9.17) is 16.3 Å². The van der Waals surface area contributed by atoms with Gasteiger partial charge in [-0.1, -0.05) is 28.8 Å². The van der Waals surface area contributed by atoms with E-state index in [0.29, 0.717) is 10.6 Å². The summed E-state index contributed by atoms with van der Waals surface area (Å²) in [5, 5.41) is 17.4. The first kappa shape index (κ1) is 14.0. The minimum atomic E-state index is -0.721. The van der Waals surface area contributed by atoms with Crippen LogP contribution in [0.15, 0.2) is 24.3 Å². The Labute approximate surface area is 118 Å².